The number of aliphatic hydroxyl groups is 1. The molecule has 224 valence electrons. The number of amides is 2. The summed E-state index contributed by atoms with van der Waals surface area (Å²) in [5.74, 6) is -0.725. The number of hydrogen-bond acceptors (Lipinski definition) is 6. The summed E-state index contributed by atoms with van der Waals surface area (Å²) < 4.78 is 27.1. The van der Waals surface area contributed by atoms with Crippen molar-refractivity contribution >= 4 is 12.0 Å². The Hall–Kier alpha value is -3.96. The summed E-state index contributed by atoms with van der Waals surface area (Å²) in [5, 5.41) is 21.3. The summed E-state index contributed by atoms with van der Waals surface area (Å²) >= 11 is 0. The van der Waals surface area contributed by atoms with Crippen LogP contribution in [0.3, 0.4) is 0 Å². The second-order valence-electron chi connectivity index (χ2n) is 11.0. The lowest BCUT2D eigenvalue weighted by molar-refractivity contribution is -0.0893. The lowest BCUT2D eigenvalue weighted by Crippen LogP contribution is -2.56. The number of imidazole rings is 1. The second-order valence-corrected chi connectivity index (χ2v) is 11.0. The van der Waals surface area contributed by atoms with E-state index in [9.17, 15) is 24.2 Å². The average Bonchev–Trinajstić information content (AvgIpc) is 3.43. The predicted molar refractivity (Wildman–Crippen MR) is 153 cm³/mol. The third-order valence-corrected chi connectivity index (χ3v) is 8.29. The van der Waals surface area contributed by atoms with Crippen LogP contribution in [0.2, 0.25) is 0 Å². The highest BCUT2D eigenvalue weighted by molar-refractivity contribution is 5.98. The van der Waals surface area contributed by atoms with Crippen LogP contribution in [0.4, 0.5) is 9.18 Å². The van der Waals surface area contributed by atoms with Gasteiger partial charge in [-0.05, 0) is 25.0 Å². The van der Waals surface area contributed by atoms with E-state index in [2.05, 4.69) is 4.98 Å². The van der Waals surface area contributed by atoms with Crippen molar-refractivity contribution in [3.8, 4) is 17.0 Å². The minimum absolute atomic E-state index is 0.0922. The van der Waals surface area contributed by atoms with E-state index >= 15 is 0 Å². The average molecular weight is 581 g/mol. The van der Waals surface area contributed by atoms with Crippen molar-refractivity contribution < 1.29 is 33.7 Å². The van der Waals surface area contributed by atoms with Crippen molar-refractivity contribution in [2.45, 2.75) is 49.8 Å². The monoisotopic (exact) mass is 580 g/mol. The van der Waals surface area contributed by atoms with Crippen molar-refractivity contribution in [3.63, 3.8) is 0 Å². The van der Waals surface area contributed by atoms with Crippen molar-refractivity contribution in [1.82, 2.24) is 19.4 Å². The molecule has 0 unspecified atom stereocenters. The van der Waals surface area contributed by atoms with Crippen LogP contribution in [0, 0.1) is 5.82 Å². The molecule has 2 aromatic carbocycles. The SMILES string of the molecule is COC[C@]1(O)CCCC[C@H]1n1cnc(C(=O)N2CCN(C(=O)O)C[C@H]2CCOc2ccccc2F)c1-c1ccccc1. The predicted octanol–water partition coefficient (Wildman–Crippen LogP) is 4.46. The molecule has 42 heavy (non-hydrogen) atoms. The molecule has 0 spiro atoms. The molecule has 2 N–H and O–H groups in total. The Morgan fingerprint density at radius 2 is 1.86 bits per heavy atom. The summed E-state index contributed by atoms with van der Waals surface area (Å²) in [7, 11) is 1.57. The number of carbonyl (C=O) groups excluding carboxylic acids is 1. The van der Waals surface area contributed by atoms with Gasteiger partial charge in [0.25, 0.3) is 5.91 Å². The molecular formula is C31H37FN4O6. The second kappa shape index (κ2) is 12.9. The van der Waals surface area contributed by atoms with Crippen LogP contribution >= 0.6 is 0 Å². The highest BCUT2D eigenvalue weighted by Gasteiger charge is 2.43. The number of para-hydroxylation sites is 1. The molecule has 10 nitrogen and oxygen atoms in total. The highest BCUT2D eigenvalue weighted by atomic mass is 19.1. The largest absolute Gasteiger partial charge is 0.490 e. The fourth-order valence-electron chi connectivity index (χ4n) is 6.20. The van der Waals surface area contributed by atoms with Crippen molar-refractivity contribution in [1.29, 1.82) is 0 Å². The molecule has 11 heteroatoms. The van der Waals surface area contributed by atoms with Gasteiger partial charge >= 0.3 is 6.09 Å². The van der Waals surface area contributed by atoms with Gasteiger partial charge in [0.2, 0.25) is 0 Å². The summed E-state index contributed by atoms with van der Waals surface area (Å²) in [6.07, 6.45) is 3.93. The van der Waals surface area contributed by atoms with E-state index in [0.717, 1.165) is 18.4 Å². The van der Waals surface area contributed by atoms with Crippen LogP contribution in [0.15, 0.2) is 60.9 Å². The zero-order valence-corrected chi connectivity index (χ0v) is 23.7. The molecule has 1 aromatic heterocycles. The van der Waals surface area contributed by atoms with Crippen LogP contribution in [0.5, 0.6) is 5.75 Å². The van der Waals surface area contributed by atoms with Crippen LogP contribution in [-0.4, -0.2) is 93.2 Å². The maximum Gasteiger partial charge on any atom is 0.407 e. The summed E-state index contributed by atoms with van der Waals surface area (Å²) in [4.78, 5) is 33.6. The first-order chi connectivity index (χ1) is 20.3. The number of rotatable bonds is 9. The fraction of sp³-hybridized carbons (Fsp3) is 0.452. The minimum atomic E-state index is -1.11. The first kappa shape index (κ1) is 29.5. The van der Waals surface area contributed by atoms with E-state index in [1.807, 2.05) is 34.9 Å². The molecule has 3 atom stereocenters. The van der Waals surface area contributed by atoms with Crippen LogP contribution < -0.4 is 4.74 Å². The Bertz CT molecular complexity index is 1380. The molecule has 5 rings (SSSR count). The molecule has 2 amide bonds. The van der Waals surface area contributed by atoms with Crippen LogP contribution in [0.1, 0.15) is 48.6 Å². The standard InChI is InChI=1S/C31H37FN4O6/c1-41-20-31(40)15-8-7-13-26(31)36-21-33-27(28(36)22-9-3-2-4-10-22)29(37)35-17-16-34(30(38)39)19-23(35)14-18-42-25-12-6-5-11-24(25)32/h2-6,9-12,21,23,26,40H,7-8,13-20H2,1H3,(H,38,39)/t23-,26-,31-/m1/s1. The third kappa shape index (κ3) is 6.12. The van der Waals surface area contributed by atoms with E-state index in [-0.39, 0.29) is 56.2 Å². The van der Waals surface area contributed by atoms with Gasteiger partial charge in [0.05, 0.1) is 37.3 Å². The zero-order valence-electron chi connectivity index (χ0n) is 23.7. The number of aromatic nitrogens is 2. The van der Waals surface area contributed by atoms with Crippen LogP contribution in [-0.2, 0) is 4.74 Å². The molecule has 1 aliphatic carbocycles. The first-order valence-corrected chi connectivity index (χ1v) is 14.3. The van der Waals surface area contributed by atoms with E-state index in [4.69, 9.17) is 9.47 Å². The Labute approximate surface area is 244 Å². The zero-order chi connectivity index (χ0) is 29.7. The molecule has 1 aliphatic heterocycles. The topological polar surface area (TPSA) is 117 Å². The van der Waals surface area contributed by atoms with E-state index in [1.54, 1.807) is 30.5 Å². The summed E-state index contributed by atoms with van der Waals surface area (Å²) in [5.41, 5.74) is 0.503. The molecule has 1 saturated heterocycles. The van der Waals surface area contributed by atoms with E-state index < -0.39 is 23.6 Å². The van der Waals surface area contributed by atoms with E-state index in [0.29, 0.717) is 25.0 Å². The number of benzene rings is 2. The van der Waals surface area contributed by atoms with Gasteiger partial charge in [-0.25, -0.2) is 14.2 Å². The number of carboxylic acid groups (broad SMARTS) is 1. The fourth-order valence-corrected chi connectivity index (χ4v) is 6.20. The number of piperazine rings is 1. The van der Waals surface area contributed by atoms with Gasteiger partial charge in [-0.3, -0.25) is 4.79 Å². The number of hydrogen-bond donors (Lipinski definition) is 2. The number of methoxy groups -OCH3 is 1. The van der Waals surface area contributed by atoms with Crippen molar-refractivity contribution in [2.24, 2.45) is 0 Å². The van der Waals surface area contributed by atoms with Gasteiger partial charge in [0.15, 0.2) is 17.3 Å². The van der Waals surface area contributed by atoms with E-state index in [1.165, 1.54) is 17.0 Å². The molecule has 2 fully saturated rings. The Morgan fingerprint density at radius 3 is 2.60 bits per heavy atom. The minimum Gasteiger partial charge on any atom is -0.490 e. The lowest BCUT2D eigenvalue weighted by Gasteiger charge is -2.41. The molecule has 2 heterocycles. The maximum absolute atomic E-state index is 14.2. The molecular weight excluding hydrogens is 543 g/mol. The van der Waals surface area contributed by atoms with Gasteiger partial charge in [-0.1, -0.05) is 55.3 Å². The lowest BCUT2D eigenvalue weighted by atomic mass is 9.80. The van der Waals surface area contributed by atoms with Gasteiger partial charge in [-0.2, -0.15) is 0 Å². The molecule has 1 saturated carbocycles. The first-order valence-electron chi connectivity index (χ1n) is 14.3. The smallest absolute Gasteiger partial charge is 0.407 e. The molecule has 3 aromatic rings. The quantitative estimate of drug-likeness (QED) is 0.384. The van der Waals surface area contributed by atoms with Crippen LogP contribution in [0.25, 0.3) is 11.3 Å². The molecule has 2 aliphatic rings. The number of carbonyl (C=O) groups is 2. The number of nitrogens with zero attached hydrogens (tertiary/aromatic N) is 4. The molecule has 0 radical (unpaired) electrons. The normalized spacial score (nSPS) is 22.6. The van der Waals surface area contributed by atoms with Crippen molar-refractivity contribution in [3.05, 3.63) is 72.4 Å². The third-order valence-electron chi connectivity index (χ3n) is 8.29. The van der Waals surface area contributed by atoms with Gasteiger partial charge in [0.1, 0.15) is 5.60 Å². The Morgan fingerprint density at radius 1 is 1.10 bits per heavy atom. The highest BCUT2D eigenvalue weighted by Crippen LogP contribution is 2.41. The van der Waals surface area contributed by atoms with Gasteiger partial charge < -0.3 is 34.1 Å². The Balaban J connectivity index is 1.46. The van der Waals surface area contributed by atoms with Crippen molar-refractivity contribution in [2.75, 3.05) is 40.0 Å². The molecule has 0 bridgehead atoms. The van der Waals surface area contributed by atoms with Gasteiger partial charge in [-0.15, -0.1) is 0 Å². The summed E-state index contributed by atoms with van der Waals surface area (Å²) in [6.45, 7) is 0.680. The Kier molecular flexibility index (Phi) is 9.08. The number of halogens is 1. The maximum atomic E-state index is 14.2. The van der Waals surface area contributed by atoms with Gasteiger partial charge in [0, 0.05) is 38.7 Å². The summed E-state index contributed by atoms with van der Waals surface area (Å²) in [6, 6.07) is 14.7. The number of ether oxygens (including phenoxy) is 2.